The van der Waals surface area contributed by atoms with Gasteiger partial charge in [-0.25, -0.2) is 14.4 Å². The highest BCUT2D eigenvalue weighted by molar-refractivity contribution is 6.21. The number of carbonyl (C=O) groups is 4. The number of allylic oxidation sites excluding steroid dienone is 3. The van der Waals surface area contributed by atoms with Gasteiger partial charge in [0.1, 0.15) is 45.5 Å². The molecule has 0 amide bonds. The number of aliphatic hydroxyl groups excluding tert-OH is 1. The highest BCUT2D eigenvalue weighted by atomic mass is 16.4. The molecule has 194 valence electrons. The molecule has 0 saturated heterocycles. The molecule has 0 spiro atoms. The summed E-state index contributed by atoms with van der Waals surface area (Å²) in [6.07, 6.45) is 0.705. The lowest BCUT2D eigenvalue weighted by Gasteiger charge is -2.21. The second kappa shape index (κ2) is 9.75. The predicted molar refractivity (Wildman–Crippen MR) is 125 cm³/mol. The van der Waals surface area contributed by atoms with Gasteiger partial charge in [0, 0.05) is 39.5 Å². The molecule has 0 atom stereocenters. The van der Waals surface area contributed by atoms with E-state index in [4.69, 9.17) is 0 Å². The molecular weight excluding hydrogens is 494 g/mol. The van der Waals surface area contributed by atoms with E-state index in [1.54, 1.807) is 0 Å². The molecule has 37 heavy (non-hydrogen) atoms. The standard InChI is InChI=1S/C24H18O12.H3N/c1-7-18(27)11(4-13(20(7)29)23(33)34)17(9-3-10(22(31)32)16(26)6-15(9)25)12-5-14(24(35)36)21(30)8(2)19(12)28;/h3-6,25-27,29-30H,1-2H3,(H,31,32)(H,33,34)(H,35,36);1H3/b17-12+;. The van der Waals surface area contributed by atoms with Crippen molar-refractivity contribution < 1.29 is 60.0 Å². The third-order valence-corrected chi connectivity index (χ3v) is 5.61. The number of hydrogen-bond acceptors (Lipinski definition) is 10. The van der Waals surface area contributed by atoms with E-state index in [0.29, 0.717) is 12.1 Å². The van der Waals surface area contributed by atoms with Crippen LogP contribution in [0.5, 0.6) is 23.0 Å². The lowest BCUT2D eigenvalue weighted by Crippen LogP contribution is -2.18. The second-order valence-corrected chi connectivity index (χ2v) is 7.75. The van der Waals surface area contributed by atoms with Crippen molar-refractivity contribution in [1.82, 2.24) is 6.15 Å². The second-order valence-electron chi connectivity index (χ2n) is 7.75. The average Bonchev–Trinajstić information content (AvgIpc) is 2.79. The van der Waals surface area contributed by atoms with Crippen LogP contribution in [0.1, 0.15) is 44.3 Å². The molecule has 0 heterocycles. The highest BCUT2D eigenvalue weighted by Crippen LogP contribution is 2.45. The van der Waals surface area contributed by atoms with E-state index in [-0.39, 0.29) is 11.7 Å². The molecular formula is C24H21NO12. The predicted octanol–water partition coefficient (Wildman–Crippen LogP) is 2.60. The number of hydrogen-bond donors (Lipinski definition) is 9. The van der Waals surface area contributed by atoms with Gasteiger partial charge in [0.15, 0.2) is 5.78 Å². The number of ketones is 1. The lowest BCUT2D eigenvalue weighted by atomic mass is 9.82. The normalized spacial score (nSPS) is 14.5. The SMILES string of the molecule is CC1=C(O)C(C(=O)O)=C/C(=C(/c2cc(C(=O)O)c(O)cc2O)c2cc(C(=O)O)c(O)c(C)c2O)C1=O.N. The Labute approximate surface area is 207 Å². The van der Waals surface area contributed by atoms with Crippen molar-refractivity contribution in [1.29, 1.82) is 0 Å². The van der Waals surface area contributed by atoms with E-state index >= 15 is 0 Å². The number of aliphatic carboxylic acids is 1. The molecule has 0 fully saturated rings. The third-order valence-electron chi connectivity index (χ3n) is 5.61. The molecule has 0 unspecified atom stereocenters. The highest BCUT2D eigenvalue weighted by Gasteiger charge is 2.33. The summed E-state index contributed by atoms with van der Waals surface area (Å²) < 4.78 is 0. The van der Waals surface area contributed by atoms with Crippen LogP contribution in [0.3, 0.4) is 0 Å². The van der Waals surface area contributed by atoms with Crippen LogP contribution in [0.25, 0.3) is 5.57 Å². The number of benzene rings is 2. The van der Waals surface area contributed by atoms with Crippen LogP contribution in [0.4, 0.5) is 0 Å². The maximum Gasteiger partial charge on any atom is 0.339 e. The zero-order valence-electron chi connectivity index (χ0n) is 19.2. The number of Topliss-reactive ketones (excluding diaryl/α,β-unsaturated/α-hetero) is 1. The van der Waals surface area contributed by atoms with Crippen molar-refractivity contribution in [3.8, 4) is 23.0 Å². The van der Waals surface area contributed by atoms with Crippen molar-refractivity contribution in [2.24, 2.45) is 0 Å². The fraction of sp³-hybridized carbons (Fsp3) is 0.0833. The first kappa shape index (κ1) is 27.9. The summed E-state index contributed by atoms with van der Waals surface area (Å²) in [5.74, 6) is -10.1. The van der Waals surface area contributed by atoms with Gasteiger partial charge in [-0.3, -0.25) is 4.79 Å². The molecule has 0 bridgehead atoms. The van der Waals surface area contributed by atoms with Crippen LogP contribution in [-0.4, -0.2) is 64.5 Å². The Bertz CT molecular complexity index is 1490. The zero-order chi connectivity index (χ0) is 27.2. The maximum absolute atomic E-state index is 13.2. The van der Waals surface area contributed by atoms with Gasteiger partial charge in [0.25, 0.3) is 0 Å². The fourth-order valence-electron chi connectivity index (χ4n) is 3.67. The largest absolute Gasteiger partial charge is 0.507 e. The minimum atomic E-state index is -1.66. The quantitative estimate of drug-likeness (QED) is 0.259. The van der Waals surface area contributed by atoms with Crippen LogP contribution in [0, 0.1) is 6.92 Å². The summed E-state index contributed by atoms with van der Waals surface area (Å²) in [6, 6.07) is 2.09. The van der Waals surface area contributed by atoms with E-state index in [1.165, 1.54) is 0 Å². The molecule has 11 N–H and O–H groups in total. The number of phenolic OH excluding ortho intramolecular Hbond substituents is 2. The van der Waals surface area contributed by atoms with Crippen LogP contribution in [0.15, 0.2) is 46.8 Å². The van der Waals surface area contributed by atoms with Crippen LogP contribution < -0.4 is 6.15 Å². The molecule has 3 rings (SSSR count). The summed E-state index contributed by atoms with van der Waals surface area (Å²) >= 11 is 0. The molecule has 13 nitrogen and oxygen atoms in total. The summed E-state index contributed by atoms with van der Waals surface area (Å²) in [5, 5.41) is 80.1. The first-order chi connectivity index (χ1) is 16.7. The molecule has 1 aliphatic carbocycles. The van der Waals surface area contributed by atoms with Gasteiger partial charge >= 0.3 is 17.9 Å². The van der Waals surface area contributed by atoms with Crippen LogP contribution in [0.2, 0.25) is 0 Å². The Balaban J connectivity index is 0.00000481. The topological polar surface area (TPSA) is 265 Å². The van der Waals surface area contributed by atoms with Crippen LogP contribution in [-0.2, 0) is 9.59 Å². The molecule has 0 radical (unpaired) electrons. The average molecular weight is 515 g/mol. The molecule has 1 aliphatic rings. The molecule has 0 saturated carbocycles. The van der Waals surface area contributed by atoms with Gasteiger partial charge in [-0.1, -0.05) is 0 Å². The third kappa shape index (κ3) is 4.53. The number of carbonyl (C=O) groups excluding carboxylic acids is 1. The first-order valence-corrected chi connectivity index (χ1v) is 9.91. The summed E-state index contributed by atoms with van der Waals surface area (Å²) in [6.45, 7) is 2.23. The van der Waals surface area contributed by atoms with E-state index in [9.17, 15) is 60.0 Å². The molecule has 2 aromatic rings. The molecule has 13 heteroatoms. The Morgan fingerprint density at radius 3 is 1.68 bits per heavy atom. The van der Waals surface area contributed by atoms with Gasteiger partial charge in [-0.15, -0.1) is 0 Å². The maximum atomic E-state index is 13.2. The Kier molecular flexibility index (Phi) is 7.36. The number of carboxylic acid groups (broad SMARTS) is 3. The van der Waals surface area contributed by atoms with Crippen molar-refractivity contribution in [3.05, 3.63) is 74.6 Å². The van der Waals surface area contributed by atoms with E-state index < -0.39 is 97.0 Å². The van der Waals surface area contributed by atoms with Crippen molar-refractivity contribution >= 4 is 29.3 Å². The Morgan fingerprint density at radius 1 is 0.676 bits per heavy atom. The van der Waals surface area contributed by atoms with Crippen molar-refractivity contribution in [2.75, 3.05) is 0 Å². The lowest BCUT2D eigenvalue weighted by molar-refractivity contribution is -0.132. The number of carboxylic acids is 3. The van der Waals surface area contributed by atoms with E-state index in [1.807, 2.05) is 0 Å². The smallest absolute Gasteiger partial charge is 0.339 e. The molecule has 0 aromatic heterocycles. The monoisotopic (exact) mass is 515 g/mol. The van der Waals surface area contributed by atoms with Gasteiger partial charge in [0.05, 0.1) is 0 Å². The number of aliphatic hydroxyl groups is 1. The van der Waals surface area contributed by atoms with Crippen molar-refractivity contribution in [3.63, 3.8) is 0 Å². The zero-order valence-corrected chi connectivity index (χ0v) is 19.2. The number of aromatic hydroxyl groups is 4. The van der Waals surface area contributed by atoms with Crippen molar-refractivity contribution in [2.45, 2.75) is 13.8 Å². The van der Waals surface area contributed by atoms with Gasteiger partial charge in [-0.2, -0.15) is 0 Å². The minimum absolute atomic E-state index is 0. The van der Waals surface area contributed by atoms with Crippen LogP contribution >= 0.6 is 0 Å². The van der Waals surface area contributed by atoms with E-state index in [2.05, 4.69) is 0 Å². The van der Waals surface area contributed by atoms with Gasteiger partial charge < -0.3 is 47.0 Å². The number of phenols is 4. The summed E-state index contributed by atoms with van der Waals surface area (Å²) in [4.78, 5) is 48.2. The summed E-state index contributed by atoms with van der Waals surface area (Å²) in [7, 11) is 0. The first-order valence-electron chi connectivity index (χ1n) is 9.91. The fourth-order valence-corrected chi connectivity index (χ4v) is 3.67. The van der Waals surface area contributed by atoms with Gasteiger partial charge in [-0.05, 0) is 32.1 Å². The minimum Gasteiger partial charge on any atom is -0.507 e. The van der Waals surface area contributed by atoms with Gasteiger partial charge in [0.2, 0.25) is 0 Å². The van der Waals surface area contributed by atoms with E-state index in [0.717, 1.165) is 26.0 Å². The number of rotatable bonds is 5. The number of aromatic carboxylic acids is 2. The molecule has 2 aromatic carbocycles. The Morgan fingerprint density at radius 2 is 1.16 bits per heavy atom. The Hall–Kier alpha value is -5.30. The summed E-state index contributed by atoms with van der Waals surface area (Å²) in [5.41, 5.74) is -5.19. The molecule has 0 aliphatic heterocycles.